The topological polar surface area (TPSA) is 90.5 Å². The molecule has 7 nitrogen and oxygen atoms in total. The Morgan fingerprint density at radius 1 is 1.03 bits per heavy atom. The van der Waals surface area contributed by atoms with E-state index in [0.29, 0.717) is 31.1 Å². The number of carbonyl (C=O) groups is 3. The van der Waals surface area contributed by atoms with Crippen LogP contribution >= 0.6 is 0 Å². The number of nitrogens with one attached hydrogen (secondary N) is 3. The first kappa shape index (κ1) is 19.9. The number of fused-ring (bicyclic) bond motifs is 2. The molecular weight excluding hydrogens is 392 g/mol. The van der Waals surface area contributed by atoms with Crippen LogP contribution in [0.15, 0.2) is 42.5 Å². The summed E-state index contributed by atoms with van der Waals surface area (Å²) in [4.78, 5) is 38.1. The molecule has 3 aliphatic heterocycles. The van der Waals surface area contributed by atoms with E-state index in [4.69, 9.17) is 0 Å². The largest absolute Gasteiger partial charge is 0.322 e. The number of imide groups is 1. The summed E-state index contributed by atoms with van der Waals surface area (Å²) in [6.45, 7) is 2.84. The van der Waals surface area contributed by atoms with Gasteiger partial charge in [-0.2, -0.15) is 0 Å². The smallest absolute Gasteiger partial charge is 0.255 e. The Balaban J connectivity index is 1.18. The van der Waals surface area contributed by atoms with E-state index >= 15 is 0 Å². The maximum atomic E-state index is 12.9. The number of rotatable bonds is 5. The molecular formula is C24H26N4O3. The van der Waals surface area contributed by atoms with Crippen molar-refractivity contribution in [1.82, 2.24) is 20.9 Å². The first-order valence-electron chi connectivity index (χ1n) is 10.9. The van der Waals surface area contributed by atoms with Gasteiger partial charge in [0.25, 0.3) is 5.91 Å². The van der Waals surface area contributed by atoms with Gasteiger partial charge in [0, 0.05) is 44.2 Å². The average molecular weight is 418 g/mol. The second kappa shape index (κ2) is 8.24. The van der Waals surface area contributed by atoms with Crippen LogP contribution in [0.2, 0.25) is 0 Å². The minimum absolute atomic E-state index is 0.128. The van der Waals surface area contributed by atoms with Gasteiger partial charge in [-0.25, -0.2) is 0 Å². The van der Waals surface area contributed by atoms with Crippen molar-refractivity contribution >= 4 is 17.7 Å². The molecule has 0 aromatic heterocycles. The zero-order valence-corrected chi connectivity index (χ0v) is 17.3. The molecule has 2 unspecified atom stereocenters. The Kier molecular flexibility index (Phi) is 5.29. The first-order chi connectivity index (χ1) is 15.1. The SMILES string of the molecule is O=C1CCC(N2Cc3ccc(CNCC4Cc5ccccc5CN4)cc3C2=O)C(=O)N1. The summed E-state index contributed by atoms with van der Waals surface area (Å²) < 4.78 is 0. The predicted molar refractivity (Wildman–Crippen MR) is 115 cm³/mol. The normalized spacial score (nSPS) is 22.8. The van der Waals surface area contributed by atoms with Crippen LogP contribution in [0.5, 0.6) is 0 Å². The highest BCUT2D eigenvalue weighted by atomic mass is 16.2. The maximum absolute atomic E-state index is 12.9. The molecule has 0 aliphatic carbocycles. The van der Waals surface area contributed by atoms with Gasteiger partial charge in [-0.15, -0.1) is 0 Å². The average Bonchev–Trinajstić information content (AvgIpc) is 3.09. The van der Waals surface area contributed by atoms with Crippen LogP contribution in [-0.4, -0.2) is 41.2 Å². The first-order valence-corrected chi connectivity index (χ1v) is 10.9. The Labute approximate surface area is 181 Å². The summed E-state index contributed by atoms with van der Waals surface area (Å²) >= 11 is 0. The molecule has 0 saturated carbocycles. The highest BCUT2D eigenvalue weighted by Crippen LogP contribution is 2.28. The molecule has 160 valence electrons. The minimum atomic E-state index is -0.570. The van der Waals surface area contributed by atoms with Crippen LogP contribution in [0.3, 0.4) is 0 Å². The molecule has 7 heteroatoms. The zero-order valence-electron chi connectivity index (χ0n) is 17.3. The van der Waals surface area contributed by atoms with Crippen molar-refractivity contribution in [1.29, 1.82) is 0 Å². The van der Waals surface area contributed by atoms with Gasteiger partial charge in [-0.3, -0.25) is 19.7 Å². The van der Waals surface area contributed by atoms with Crippen molar-refractivity contribution in [2.45, 2.75) is 51.0 Å². The van der Waals surface area contributed by atoms with Crippen LogP contribution in [0, 0.1) is 0 Å². The van der Waals surface area contributed by atoms with E-state index in [-0.39, 0.29) is 24.1 Å². The van der Waals surface area contributed by atoms with Crippen molar-refractivity contribution < 1.29 is 14.4 Å². The third-order valence-corrected chi connectivity index (χ3v) is 6.48. The van der Waals surface area contributed by atoms with Gasteiger partial charge in [0.15, 0.2) is 0 Å². The second-order valence-corrected chi connectivity index (χ2v) is 8.57. The number of carbonyl (C=O) groups excluding carboxylic acids is 3. The number of hydrogen-bond acceptors (Lipinski definition) is 5. The summed E-state index contributed by atoms with van der Waals surface area (Å²) in [5, 5.41) is 9.42. The van der Waals surface area contributed by atoms with E-state index in [1.807, 2.05) is 18.2 Å². The molecule has 0 bridgehead atoms. The number of amides is 3. The van der Waals surface area contributed by atoms with E-state index in [0.717, 1.165) is 30.6 Å². The third-order valence-electron chi connectivity index (χ3n) is 6.48. The highest BCUT2D eigenvalue weighted by Gasteiger charge is 2.39. The summed E-state index contributed by atoms with van der Waals surface area (Å²) in [5.41, 5.74) is 5.42. The van der Waals surface area contributed by atoms with Crippen LogP contribution in [0.25, 0.3) is 0 Å². The summed E-state index contributed by atoms with van der Waals surface area (Å²) in [7, 11) is 0. The lowest BCUT2D eigenvalue weighted by molar-refractivity contribution is -0.136. The lowest BCUT2D eigenvalue weighted by Gasteiger charge is -2.29. The van der Waals surface area contributed by atoms with Crippen molar-refractivity contribution in [3.05, 3.63) is 70.3 Å². The Morgan fingerprint density at radius 3 is 2.71 bits per heavy atom. The molecule has 5 rings (SSSR count). The zero-order chi connectivity index (χ0) is 21.4. The van der Waals surface area contributed by atoms with Gasteiger partial charge in [-0.1, -0.05) is 36.4 Å². The highest BCUT2D eigenvalue weighted by molar-refractivity contribution is 6.05. The van der Waals surface area contributed by atoms with E-state index in [1.165, 1.54) is 11.1 Å². The number of piperidine rings is 1. The minimum Gasteiger partial charge on any atom is -0.322 e. The molecule has 0 spiro atoms. The van der Waals surface area contributed by atoms with E-state index in [2.05, 4.69) is 40.2 Å². The molecule has 1 fully saturated rings. The molecule has 2 aromatic carbocycles. The van der Waals surface area contributed by atoms with Crippen molar-refractivity contribution in [3.63, 3.8) is 0 Å². The van der Waals surface area contributed by atoms with Crippen LogP contribution in [0.1, 0.15) is 45.5 Å². The van der Waals surface area contributed by atoms with Crippen molar-refractivity contribution in [2.75, 3.05) is 6.54 Å². The summed E-state index contributed by atoms with van der Waals surface area (Å²) in [6.07, 6.45) is 1.66. The fourth-order valence-corrected chi connectivity index (χ4v) is 4.77. The molecule has 31 heavy (non-hydrogen) atoms. The van der Waals surface area contributed by atoms with Gasteiger partial charge < -0.3 is 15.5 Å². The van der Waals surface area contributed by atoms with Gasteiger partial charge in [0.05, 0.1) is 0 Å². The fraction of sp³-hybridized carbons (Fsp3) is 0.375. The van der Waals surface area contributed by atoms with Crippen molar-refractivity contribution in [2.24, 2.45) is 0 Å². The lowest BCUT2D eigenvalue weighted by atomic mass is 9.96. The quantitative estimate of drug-likeness (QED) is 0.636. The molecule has 3 heterocycles. The fourth-order valence-electron chi connectivity index (χ4n) is 4.77. The Morgan fingerprint density at radius 2 is 1.87 bits per heavy atom. The molecule has 3 N–H and O–H groups in total. The molecule has 0 radical (unpaired) electrons. The van der Waals surface area contributed by atoms with Gasteiger partial charge in [0.1, 0.15) is 6.04 Å². The van der Waals surface area contributed by atoms with Gasteiger partial charge in [0.2, 0.25) is 11.8 Å². The van der Waals surface area contributed by atoms with Gasteiger partial charge >= 0.3 is 0 Å². The molecule has 2 atom stereocenters. The standard InChI is InChI=1S/C24H26N4O3/c29-22-8-7-21(23(30)27-22)28-14-18-6-5-15(9-20(18)24(28)31)11-25-13-19-10-16-3-1-2-4-17(16)12-26-19/h1-6,9,19,21,25-26H,7-8,10-14H2,(H,27,29,30). The van der Waals surface area contributed by atoms with Crippen molar-refractivity contribution in [3.8, 4) is 0 Å². The maximum Gasteiger partial charge on any atom is 0.255 e. The summed E-state index contributed by atoms with van der Waals surface area (Å²) in [5.74, 6) is -0.771. The number of nitrogens with zero attached hydrogens (tertiary/aromatic N) is 1. The lowest BCUT2D eigenvalue weighted by Crippen LogP contribution is -2.52. The van der Waals surface area contributed by atoms with Gasteiger partial charge in [-0.05, 0) is 41.2 Å². The van der Waals surface area contributed by atoms with Crippen LogP contribution in [-0.2, 0) is 35.6 Å². The van der Waals surface area contributed by atoms with E-state index in [9.17, 15) is 14.4 Å². The second-order valence-electron chi connectivity index (χ2n) is 8.57. The number of benzene rings is 2. The molecule has 2 aromatic rings. The number of hydrogen-bond donors (Lipinski definition) is 3. The van der Waals surface area contributed by atoms with Crippen LogP contribution in [0.4, 0.5) is 0 Å². The van der Waals surface area contributed by atoms with E-state index in [1.54, 1.807) is 4.90 Å². The van der Waals surface area contributed by atoms with E-state index < -0.39 is 6.04 Å². The third kappa shape index (κ3) is 3.98. The monoisotopic (exact) mass is 418 g/mol. The Bertz CT molecular complexity index is 1050. The molecule has 3 amide bonds. The predicted octanol–water partition coefficient (Wildman–Crippen LogP) is 1.25. The van der Waals surface area contributed by atoms with Crippen LogP contribution < -0.4 is 16.0 Å². The Hall–Kier alpha value is -3.03. The molecule has 3 aliphatic rings. The summed E-state index contributed by atoms with van der Waals surface area (Å²) in [6, 6.07) is 14.3. The molecule has 1 saturated heterocycles.